The van der Waals surface area contributed by atoms with E-state index in [0.29, 0.717) is 21.4 Å². The Labute approximate surface area is 156 Å². The molecule has 0 aliphatic rings. The number of carbonyl (C=O) groups is 2. The highest BCUT2D eigenvalue weighted by Gasteiger charge is 2.20. The van der Waals surface area contributed by atoms with Crippen LogP contribution in [0.3, 0.4) is 0 Å². The van der Waals surface area contributed by atoms with Gasteiger partial charge in [-0.2, -0.15) is 5.10 Å². The molecular weight excluding hydrogens is 365 g/mol. The lowest BCUT2D eigenvalue weighted by atomic mass is 10.1. The van der Waals surface area contributed by atoms with E-state index in [9.17, 15) is 9.59 Å². The Hall–Kier alpha value is -2.05. The average Bonchev–Trinajstić information content (AvgIpc) is 2.99. The number of carbonyl (C=O) groups excluding carboxylic acids is 2. The molecule has 6 nitrogen and oxygen atoms in total. The SMILES string of the molecule is CC(C)n1nccc1NC(=O)[C@H](C)OC(=O)Cc1ccc(Cl)c(Cl)c1. The molecule has 1 aromatic carbocycles. The van der Waals surface area contributed by atoms with Crippen molar-refractivity contribution < 1.29 is 14.3 Å². The first-order valence-electron chi connectivity index (χ1n) is 7.75. The first kappa shape index (κ1) is 19.3. The second-order valence-corrected chi connectivity index (χ2v) is 6.62. The Morgan fingerprint density at radius 3 is 2.56 bits per heavy atom. The van der Waals surface area contributed by atoms with Crippen LogP contribution in [-0.4, -0.2) is 27.8 Å². The van der Waals surface area contributed by atoms with Gasteiger partial charge in [-0.15, -0.1) is 0 Å². The van der Waals surface area contributed by atoms with Gasteiger partial charge in [-0.3, -0.25) is 9.59 Å². The van der Waals surface area contributed by atoms with Crippen LogP contribution >= 0.6 is 23.2 Å². The third kappa shape index (κ3) is 5.21. The number of nitrogens with zero attached hydrogens (tertiary/aromatic N) is 2. The van der Waals surface area contributed by atoms with Gasteiger partial charge in [0.05, 0.1) is 22.7 Å². The highest BCUT2D eigenvalue weighted by molar-refractivity contribution is 6.42. The molecule has 2 aromatic rings. The second-order valence-electron chi connectivity index (χ2n) is 5.80. The fourth-order valence-electron chi connectivity index (χ4n) is 2.16. The van der Waals surface area contributed by atoms with Crippen molar-refractivity contribution >= 4 is 40.9 Å². The lowest BCUT2D eigenvalue weighted by molar-refractivity contribution is -0.152. The van der Waals surface area contributed by atoms with Gasteiger partial charge in [0.25, 0.3) is 5.91 Å². The van der Waals surface area contributed by atoms with Crippen molar-refractivity contribution in [3.8, 4) is 0 Å². The number of ether oxygens (including phenoxy) is 1. The Morgan fingerprint density at radius 2 is 1.92 bits per heavy atom. The highest BCUT2D eigenvalue weighted by atomic mass is 35.5. The fourth-order valence-corrected chi connectivity index (χ4v) is 2.48. The van der Waals surface area contributed by atoms with E-state index in [0.717, 1.165) is 0 Å². The van der Waals surface area contributed by atoms with Crippen molar-refractivity contribution in [3.63, 3.8) is 0 Å². The molecule has 0 saturated heterocycles. The summed E-state index contributed by atoms with van der Waals surface area (Å²) in [4.78, 5) is 24.2. The lowest BCUT2D eigenvalue weighted by Gasteiger charge is -2.15. The normalized spacial score (nSPS) is 12.1. The molecule has 8 heteroatoms. The monoisotopic (exact) mass is 383 g/mol. The minimum atomic E-state index is -0.939. The molecule has 0 fully saturated rings. The largest absolute Gasteiger partial charge is 0.452 e. The summed E-state index contributed by atoms with van der Waals surface area (Å²) in [5, 5.41) is 7.61. The van der Waals surface area contributed by atoms with E-state index in [1.165, 1.54) is 6.92 Å². The maximum Gasteiger partial charge on any atom is 0.311 e. The Morgan fingerprint density at radius 1 is 1.20 bits per heavy atom. The quantitative estimate of drug-likeness (QED) is 0.767. The van der Waals surface area contributed by atoms with Crippen LogP contribution in [0.25, 0.3) is 0 Å². The van der Waals surface area contributed by atoms with Crippen molar-refractivity contribution in [1.29, 1.82) is 0 Å². The molecule has 0 radical (unpaired) electrons. The Bertz CT molecular complexity index is 774. The van der Waals surface area contributed by atoms with Crippen LogP contribution in [0.1, 0.15) is 32.4 Å². The topological polar surface area (TPSA) is 73.2 Å². The van der Waals surface area contributed by atoms with Crippen LogP contribution in [0.4, 0.5) is 5.82 Å². The molecule has 1 N–H and O–H groups in total. The van der Waals surface area contributed by atoms with Gasteiger partial charge in [0.1, 0.15) is 5.82 Å². The van der Waals surface area contributed by atoms with E-state index in [4.69, 9.17) is 27.9 Å². The smallest absolute Gasteiger partial charge is 0.311 e. The van der Waals surface area contributed by atoms with Gasteiger partial charge in [0, 0.05) is 12.1 Å². The molecule has 1 aromatic heterocycles. The number of halogens is 2. The van der Waals surface area contributed by atoms with Gasteiger partial charge < -0.3 is 10.1 Å². The molecule has 0 bridgehead atoms. The fraction of sp³-hybridized carbons (Fsp3) is 0.353. The van der Waals surface area contributed by atoms with Crippen molar-refractivity contribution in [1.82, 2.24) is 9.78 Å². The number of hydrogen-bond acceptors (Lipinski definition) is 4. The third-order valence-corrected chi connectivity index (χ3v) is 4.16. The zero-order valence-electron chi connectivity index (χ0n) is 14.1. The summed E-state index contributed by atoms with van der Waals surface area (Å²) in [5.41, 5.74) is 0.657. The Balaban J connectivity index is 1.92. The van der Waals surface area contributed by atoms with Crippen molar-refractivity contribution in [2.24, 2.45) is 0 Å². The van der Waals surface area contributed by atoms with E-state index in [2.05, 4.69) is 10.4 Å². The molecule has 0 spiro atoms. The van der Waals surface area contributed by atoms with Crippen LogP contribution in [0.15, 0.2) is 30.5 Å². The maximum atomic E-state index is 12.2. The summed E-state index contributed by atoms with van der Waals surface area (Å²) in [6.07, 6.45) is 0.653. The van der Waals surface area contributed by atoms with E-state index in [-0.39, 0.29) is 12.5 Å². The van der Waals surface area contributed by atoms with Crippen LogP contribution in [0, 0.1) is 0 Å². The maximum absolute atomic E-state index is 12.2. The van der Waals surface area contributed by atoms with Crippen LogP contribution < -0.4 is 5.32 Å². The third-order valence-electron chi connectivity index (χ3n) is 3.42. The lowest BCUT2D eigenvalue weighted by Crippen LogP contribution is -2.31. The molecule has 25 heavy (non-hydrogen) atoms. The number of anilines is 1. The molecule has 1 amide bonds. The number of rotatable bonds is 6. The number of nitrogens with one attached hydrogen (secondary N) is 1. The van der Waals surface area contributed by atoms with Crippen molar-refractivity contribution in [2.45, 2.75) is 39.3 Å². The van der Waals surface area contributed by atoms with Crippen LogP contribution in [-0.2, 0) is 20.7 Å². The summed E-state index contributed by atoms with van der Waals surface area (Å²) in [7, 11) is 0. The van der Waals surface area contributed by atoms with Gasteiger partial charge >= 0.3 is 5.97 Å². The summed E-state index contributed by atoms with van der Waals surface area (Å²) >= 11 is 11.8. The minimum absolute atomic E-state index is 0.00155. The predicted octanol–water partition coefficient (Wildman–Crippen LogP) is 3.88. The van der Waals surface area contributed by atoms with Crippen molar-refractivity contribution in [2.75, 3.05) is 5.32 Å². The van der Waals surface area contributed by atoms with Gasteiger partial charge in [-0.1, -0.05) is 29.3 Å². The molecule has 2 rings (SSSR count). The summed E-state index contributed by atoms with van der Waals surface area (Å²) in [6, 6.07) is 6.66. The molecule has 1 atom stereocenters. The molecular formula is C17H19Cl2N3O3. The zero-order chi connectivity index (χ0) is 18.6. The molecule has 134 valence electrons. The number of aromatic nitrogens is 2. The number of benzene rings is 1. The van der Waals surface area contributed by atoms with E-state index in [1.807, 2.05) is 13.8 Å². The average molecular weight is 384 g/mol. The molecule has 0 unspecified atom stereocenters. The molecule has 0 saturated carbocycles. The first-order chi connectivity index (χ1) is 11.8. The van der Waals surface area contributed by atoms with E-state index >= 15 is 0 Å². The predicted molar refractivity (Wildman–Crippen MR) is 97.0 cm³/mol. The van der Waals surface area contributed by atoms with Gasteiger partial charge in [0.15, 0.2) is 6.10 Å². The van der Waals surface area contributed by atoms with Gasteiger partial charge in [-0.05, 0) is 38.5 Å². The summed E-state index contributed by atoms with van der Waals surface area (Å²) < 4.78 is 6.85. The highest BCUT2D eigenvalue weighted by Crippen LogP contribution is 2.23. The van der Waals surface area contributed by atoms with E-state index < -0.39 is 18.0 Å². The second kappa shape index (κ2) is 8.36. The van der Waals surface area contributed by atoms with Gasteiger partial charge in [-0.25, -0.2) is 4.68 Å². The van der Waals surface area contributed by atoms with E-state index in [1.54, 1.807) is 35.1 Å². The molecule has 0 aliphatic carbocycles. The Kier molecular flexibility index (Phi) is 6.45. The first-order valence-corrected chi connectivity index (χ1v) is 8.51. The molecule has 0 aliphatic heterocycles. The van der Waals surface area contributed by atoms with Crippen molar-refractivity contribution in [3.05, 3.63) is 46.1 Å². The van der Waals surface area contributed by atoms with Crippen LogP contribution in [0.5, 0.6) is 0 Å². The standard InChI is InChI=1S/C17H19Cl2N3O3/c1-10(2)22-15(6-7-20-22)21-17(24)11(3)25-16(23)9-12-4-5-13(18)14(19)8-12/h4-8,10-11H,9H2,1-3H3,(H,21,24)/t11-/m0/s1. The minimum Gasteiger partial charge on any atom is -0.452 e. The van der Waals surface area contributed by atoms with Crippen LogP contribution in [0.2, 0.25) is 10.0 Å². The summed E-state index contributed by atoms with van der Waals surface area (Å²) in [6.45, 7) is 5.41. The number of hydrogen-bond donors (Lipinski definition) is 1. The van der Waals surface area contributed by atoms with Gasteiger partial charge in [0.2, 0.25) is 0 Å². The molecule has 1 heterocycles. The zero-order valence-corrected chi connectivity index (χ0v) is 15.6. The number of esters is 1. The summed E-state index contributed by atoms with van der Waals surface area (Å²) in [5.74, 6) is -0.407. The number of amides is 1.